The van der Waals surface area contributed by atoms with Gasteiger partial charge < -0.3 is 11.5 Å². The molecule has 0 bridgehead atoms. The van der Waals surface area contributed by atoms with E-state index in [0.29, 0.717) is 16.3 Å². The van der Waals surface area contributed by atoms with Gasteiger partial charge in [-0.05, 0) is 12.1 Å². The number of nitrogen functional groups attached to an aromatic ring is 1. The van der Waals surface area contributed by atoms with Crippen molar-refractivity contribution in [3.63, 3.8) is 0 Å². The fourth-order valence-electron chi connectivity index (χ4n) is 1.58. The molecule has 0 aliphatic heterocycles. The van der Waals surface area contributed by atoms with Gasteiger partial charge in [-0.25, -0.2) is 4.68 Å². The number of aromatic nitrogens is 2. The lowest BCUT2D eigenvalue weighted by atomic mass is 10.2. The van der Waals surface area contributed by atoms with Crippen molar-refractivity contribution < 1.29 is 0 Å². The molecule has 0 radical (unpaired) electrons. The summed E-state index contributed by atoms with van der Waals surface area (Å²) >= 11 is 6.05. The first-order chi connectivity index (χ1) is 8.19. The summed E-state index contributed by atoms with van der Waals surface area (Å²) in [6, 6.07) is 7.30. The standard InChI is InChI=1S/C11H10ClN5/c12-9-2-1-3-10(8(9)5-14)17-11(15)7(4-13)6-16-17/h1-3,6H,5,14-15H2. The van der Waals surface area contributed by atoms with Gasteiger partial charge in [0.05, 0.1) is 11.9 Å². The molecule has 86 valence electrons. The van der Waals surface area contributed by atoms with Gasteiger partial charge in [-0.3, -0.25) is 0 Å². The monoisotopic (exact) mass is 247 g/mol. The van der Waals surface area contributed by atoms with Crippen molar-refractivity contribution in [2.24, 2.45) is 5.73 Å². The lowest BCUT2D eigenvalue weighted by molar-refractivity contribution is 0.868. The van der Waals surface area contributed by atoms with Crippen molar-refractivity contribution in [2.45, 2.75) is 6.54 Å². The van der Waals surface area contributed by atoms with Crippen molar-refractivity contribution in [1.29, 1.82) is 5.26 Å². The summed E-state index contributed by atoms with van der Waals surface area (Å²) in [6.07, 6.45) is 1.41. The molecule has 0 saturated heterocycles. The van der Waals surface area contributed by atoms with Crippen molar-refractivity contribution >= 4 is 17.4 Å². The van der Waals surface area contributed by atoms with Crippen LogP contribution in [0.5, 0.6) is 0 Å². The fraction of sp³-hybridized carbons (Fsp3) is 0.0909. The van der Waals surface area contributed by atoms with Crippen LogP contribution in [0.1, 0.15) is 11.1 Å². The zero-order chi connectivity index (χ0) is 12.4. The fourth-order valence-corrected chi connectivity index (χ4v) is 1.83. The van der Waals surface area contributed by atoms with Crippen molar-refractivity contribution in [1.82, 2.24) is 9.78 Å². The molecule has 0 fully saturated rings. The van der Waals surface area contributed by atoms with Crippen LogP contribution in [-0.4, -0.2) is 9.78 Å². The summed E-state index contributed by atoms with van der Waals surface area (Å²) in [6.45, 7) is 0.274. The molecule has 0 amide bonds. The second-order valence-corrected chi connectivity index (χ2v) is 3.82. The average molecular weight is 248 g/mol. The second kappa shape index (κ2) is 4.45. The number of anilines is 1. The summed E-state index contributed by atoms with van der Waals surface area (Å²) in [4.78, 5) is 0. The van der Waals surface area contributed by atoms with Gasteiger partial charge in [0, 0.05) is 17.1 Å². The molecule has 0 spiro atoms. The van der Waals surface area contributed by atoms with Gasteiger partial charge in [-0.2, -0.15) is 10.4 Å². The Morgan fingerprint density at radius 3 is 2.82 bits per heavy atom. The highest BCUT2D eigenvalue weighted by Gasteiger charge is 2.13. The van der Waals surface area contributed by atoms with Gasteiger partial charge in [0.25, 0.3) is 0 Å². The Kier molecular flexibility index (Phi) is 3.00. The minimum atomic E-state index is 0.274. The largest absolute Gasteiger partial charge is 0.382 e. The first kappa shape index (κ1) is 11.5. The molecule has 0 aliphatic rings. The Morgan fingerprint density at radius 1 is 1.47 bits per heavy atom. The van der Waals surface area contributed by atoms with E-state index in [2.05, 4.69) is 5.10 Å². The van der Waals surface area contributed by atoms with Gasteiger partial charge >= 0.3 is 0 Å². The quantitative estimate of drug-likeness (QED) is 0.840. The molecule has 1 aromatic heterocycles. The number of nitrogens with two attached hydrogens (primary N) is 2. The molecule has 0 unspecified atom stereocenters. The van der Waals surface area contributed by atoms with E-state index in [4.69, 9.17) is 28.3 Å². The molecule has 5 nitrogen and oxygen atoms in total. The lowest BCUT2D eigenvalue weighted by Gasteiger charge is -2.10. The highest BCUT2D eigenvalue weighted by Crippen LogP contribution is 2.25. The molecule has 4 N–H and O–H groups in total. The number of hydrogen-bond acceptors (Lipinski definition) is 4. The Morgan fingerprint density at radius 2 is 2.24 bits per heavy atom. The first-order valence-corrected chi connectivity index (χ1v) is 5.28. The van der Waals surface area contributed by atoms with Gasteiger partial charge in [-0.15, -0.1) is 0 Å². The van der Waals surface area contributed by atoms with Crippen molar-refractivity contribution in [2.75, 3.05) is 5.73 Å². The van der Waals surface area contributed by atoms with Crippen LogP contribution < -0.4 is 11.5 Å². The van der Waals surface area contributed by atoms with Crippen LogP contribution in [0.2, 0.25) is 5.02 Å². The van der Waals surface area contributed by atoms with Crippen molar-refractivity contribution in [3.8, 4) is 11.8 Å². The topological polar surface area (TPSA) is 93.6 Å². The molecule has 1 heterocycles. The van der Waals surface area contributed by atoms with E-state index in [1.165, 1.54) is 10.9 Å². The summed E-state index contributed by atoms with van der Waals surface area (Å²) in [5.41, 5.74) is 13.2. The highest BCUT2D eigenvalue weighted by molar-refractivity contribution is 6.31. The second-order valence-electron chi connectivity index (χ2n) is 3.41. The molecular formula is C11H10ClN5. The van der Waals surface area contributed by atoms with Gasteiger partial charge in [0.15, 0.2) is 0 Å². The van der Waals surface area contributed by atoms with E-state index in [9.17, 15) is 0 Å². The van der Waals surface area contributed by atoms with Gasteiger partial charge in [-0.1, -0.05) is 17.7 Å². The molecule has 6 heteroatoms. The maximum Gasteiger partial charge on any atom is 0.145 e. The number of nitriles is 1. The molecule has 17 heavy (non-hydrogen) atoms. The molecule has 0 aliphatic carbocycles. The average Bonchev–Trinajstić information content (AvgIpc) is 2.70. The SMILES string of the molecule is N#Cc1cnn(-c2cccc(Cl)c2CN)c1N. The summed E-state index contributed by atoms with van der Waals surface area (Å²) in [5, 5.41) is 13.4. The number of nitrogens with zero attached hydrogens (tertiary/aromatic N) is 3. The Bertz CT molecular complexity index is 596. The molecule has 1 aromatic carbocycles. The third-order valence-electron chi connectivity index (χ3n) is 2.45. The zero-order valence-corrected chi connectivity index (χ0v) is 9.65. The van der Waals surface area contributed by atoms with Gasteiger partial charge in [0.1, 0.15) is 17.5 Å². The van der Waals surface area contributed by atoms with Crippen LogP contribution in [0.3, 0.4) is 0 Å². The van der Waals surface area contributed by atoms with E-state index in [1.54, 1.807) is 18.2 Å². The first-order valence-electron chi connectivity index (χ1n) is 4.90. The van der Waals surface area contributed by atoms with Crippen LogP contribution in [-0.2, 0) is 6.54 Å². The number of benzene rings is 1. The van der Waals surface area contributed by atoms with Crippen LogP contribution in [0.25, 0.3) is 5.69 Å². The number of halogens is 1. The lowest BCUT2D eigenvalue weighted by Crippen LogP contribution is -2.08. The third-order valence-corrected chi connectivity index (χ3v) is 2.81. The number of hydrogen-bond donors (Lipinski definition) is 2. The predicted octanol–water partition coefficient (Wildman–Crippen LogP) is 1.44. The van der Waals surface area contributed by atoms with E-state index >= 15 is 0 Å². The van der Waals surface area contributed by atoms with Crippen molar-refractivity contribution in [3.05, 3.63) is 40.5 Å². The predicted molar refractivity (Wildman–Crippen MR) is 65.6 cm³/mol. The maximum atomic E-state index is 8.83. The Hall–Kier alpha value is -2.03. The maximum absolute atomic E-state index is 8.83. The van der Waals surface area contributed by atoms with Crippen LogP contribution in [0.4, 0.5) is 5.82 Å². The molecular weight excluding hydrogens is 238 g/mol. The molecule has 0 saturated carbocycles. The number of rotatable bonds is 2. The Balaban J connectivity index is 2.65. The van der Waals surface area contributed by atoms with Gasteiger partial charge in [0.2, 0.25) is 0 Å². The normalized spacial score (nSPS) is 10.2. The Labute approximate surface area is 103 Å². The molecule has 2 rings (SSSR count). The zero-order valence-electron chi connectivity index (χ0n) is 8.89. The van der Waals surface area contributed by atoms with E-state index in [-0.39, 0.29) is 12.4 Å². The minimum Gasteiger partial charge on any atom is -0.382 e. The highest BCUT2D eigenvalue weighted by atomic mass is 35.5. The summed E-state index contributed by atoms with van der Waals surface area (Å²) in [5.74, 6) is 0.282. The van der Waals surface area contributed by atoms with E-state index in [1.807, 2.05) is 6.07 Å². The van der Waals surface area contributed by atoms with Crippen LogP contribution in [0, 0.1) is 11.3 Å². The summed E-state index contributed by atoms with van der Waals surface area (Å²) in [7, 11) is 0. The van der Waals surface area contributed by atoms with E-state index < -0.39 is 0 Å². The third kappa shape index (κ3) is 1.84. The smallest absolute Gasteiger partial charge is 0.145 e. The van der Waals surface area contributed by atoms with Crippen LogP contribution in [0.15, 0.2) is 24.4 Å². The minimum absolute atomic E-state index is 0.274. The molecule has 2 aromatic rings. The molecule has 0 atom stereocenters. The summed E-state index contributed by atoms with van der Waals surface area (Å²) < 4.78 is 1.46. The van der Waals surface area contributed by atoms with E-state index in [0.717, 1.165) is 5.56 Å². The van der Waals surface area contributed by atoms with Crippen LogP contribution >= 0.6 is 11.6 Å².